The van der Waals surface area contributed by atoms with Gasteiger partial charge in [0, 0.05) is 11.7 Å². The summed E-state index contributed by atoms with van der Waals surface area (Å²) in [5.74, 6) is -1.81. The Morgan fingerprint density at radius 2 is 1.53 bits per heavy atom. The summed E-state index contributed by atoms with van der Waals surface area (Å²) in [6.07, 6.45) is -0.375. The van der Waals surface area contributed by atoms with Crippen molar-refractivity contribution in [2.75, 3.05) is 12.4 Å². The number of carboxylic acid groups (broad SMARTS) is 1. The van der Waals surface area contributed by atoms with Crippen molar-refractivity contribution >= 4 is 30.6 Å². The largest absolute Gasteiger partial charge is 0.480 e. The molecule has 1 aliphatic rings. The first kappa shape index (κ1) is 23.7. The van der Waals surface area contributed by atoms with Crippen LogP contribution in [0.15, 0.2) is 48.5 Å². The smallest absolute Gasteiger partial charge is 0.407 e. The molecule has 0 fully saturated rings. The van der Waals surface area contributed by atoms with Gasteiger partial charge in [-0.05, 0) is 34.6 Å². The molecule has 0 radical (unpaired) electrons. The highest BCUT2D eigenvalue weighted by Gasteiger charge is 2.30. The average Bonchev–Trinajstić information content (AvgIpc) is 3.08. The number of ether oxygens (including phenoxy) is 1. The summed E-state index contributed by atoms with van der Waals surface area (Å²) in [5, 5.41) is 14.2. The molecule has 2 aromatic rings. The Morgan fingerprint density at radius 3 is 2.03 bits per heavy atom. The first-order valence-electron chi connectivity index (χ1n) is 10.6. The van der Waals surface area contributed by atoms with Gasteiger partial charge < -0.3 is 20.5 Å². The molecule has 7 nitrogen and oxygen atoms in total. The minimum atomic E-state index is -1.18. The zero-order valence-electron chi connectivity index (χ0n) is 18.1. The van der Waals surface area contributed by atoms with Crippen LogP contribution in [-0.4, -0.2) is 47.5 Å². The Balaban J connectivity index is 1.67. The van der Waals surface area contributed by atoms with Crippen molar-refractivity contribution < 1.29 is 24.2 Å². The Bertz CT molecular complexity index is 948. The summed E-state index contributed by atoms with van der Waals surface area (Å²) in [6.45, 7) is 3.95. The number of carbonyl (C=O) groups is 3. The van der Waals surface area contributed by atoms with E-state index >= 15 is 0 Å². The number of nitrogens with one attached hydrogen (secondary N) is 2. The number of benzene rings is 2. The van der Waals surface area contributed by atoms with Crippen LogP contribution in [0.25, 0.3) is 11.1 Å². The molecule has 0 heterocycles. The highest BCUT2D eigenvalue weighted by Crippen LogP contribution is 2.44. The van der Waals surface area contributed by atoms with E-state index in [1.54, 1.807) is 0 Å². The zero-order valence-corrected chi connectivity index (χ0v) is 19.0. The maximum absolute atomic E-state index is 12.6. The van der Waals surface area contributed by atoms with Gasteiger partial charge in [-0.3, -0.25) is 4.79 Å². The van der Waals surface area contributed by atoms with Gasteiger partial charge in [0.2, 0.25) is 5.91 Å². The van der Waals surface area contributed by atoms with Crippen molar-refractivity contribution in [2.45, 2.75) is 38.3 Å². The molecule has 2 atom stereocenters. The molecule has 2 amide bonds. The number of alkyl carbamates (subject to hydrolysis) is 1. The second-order valence-corrected chi connectivity index (χ2v) is 8.60. The molecule has 0 aliphatic heterocycles. The van der Waals surface area contributed by atoms with E-state index in [-0.39, 0.29) is 24.2 Å². The minimum Gasteiger partial charge on any atom is -0.480 e. The lowest BCUT2D eigenvalue weighted by Gasteiger charge is -2.22. The average molecular weight is 457 g/mol. The molecule has 0 saturated heterocycles. The molecule has 3 N–H and O–H groups in total. The van der Waals surface area contributed by atoms with E-state index < -0.39 is 30.1 Å². The first-order chi connectivity index (χ1) is 15.3. The summed E-state index contributed by atoms with van der Waals surface area (Å²) in [4.78, 5) is 36.4. The summed E-state index contributed by atoms with van der Waals surface area (Å²) >= 11 is 3.96. The number of fused-ring (bicyclic) bond motifs is 3. The highest BCUT2D eigenvalue weighted by molar-refractivity contribution is 7.80. The number of amides is 2. The molecule has 0 bridgehead atoms. The predicted octanol–water partition coefficient (Wildman–Crippen LogP) is 3.44. The molecule has 0 unspecified atom stereocenters. The third-order valence-corrected chi connectivity index (χ3v) is 5.82. The van der Waals surface area contributed by atoms with Gasteiger partial charge in [0.25, 0.3) is 0 Å². The molecule has 0 saturated carbocycles. The molecule has 8 heteroatoms. The van der Waals surface area contributed by atoms with Crippen LogP contribution in [-0.2, 0) is 14.3 Å². The normalized spacial score (nSPS) is 14.2. The fourth-order valence-corrected chi connectivity index (χ4v) is 4.19. The second kappa shape index (κ2) is 10.5. The maximum Gasteiger partial charge on any atom is 0.407 e. The van der Waals surface area contributed by atoms with Gasteiger partial charge >= 0.3 is 12.1 Å². The molecule has 170 valence electrons. The lowest BCUT2D eigenvalue weighted by atomic mass is 9.98. The number of carboxylic acids is 1. The molecular formula is C24H28N2O5S. The minimum absolute atomic E-state index is 0.0551. The van der Waals surface area contributed by atoms with Crippen LogP contribution in [0.5, 0.6) is 0 Å². The van der Waals surface area contributed by atoms with E-state index in [9.17, 15) is 14.4 Å². The Labute approximate surface area is 193 Å². The van der Waals surface area contributed by atoms with Gasteiger partial charge in [0.1, 0.15) is 18.7 Å². The second-order valence-electron chi connectivity index (χ2n) is 8.23. The van der Waals surface area contributed by atoms with E-state index in [1.807, 2.05) is 50.2 Å². The van der Waals surface area contributed by atoms with E-state index in [1.165, 1.54) is 0 Å². The van der Waals surface area contributed by atoms with E-state index in [4.69, 9.17) is 9.84 Å². The molecular weight excluding hydrogens is 428 g/mol. The van der Waals surface area contributed by atoms with Gasteiger partial charge in [-0.2, -0.15) is 12.6 Å². The van der Waals surface area contributed by atoms with Crippen molar-refractivity contribution in [1.82, 2.24) is 10.6 Å². The third kappa shape index (κ3) is 5.43. The summed E-state index contributed by atoms with van der Waals surface area (Å²) < 4.78 is 5.52. The molecule has 32 heavy (non-hydrogen) atoms. The fraction of sp³-hybridized carbons (Fsp3) is 0.375. The van der Waals surface area contributed by atoms with Crippen LogP contribution in [0.1, 0.15) is 37.3 Å². The van der Waals surface area contributed by atoms with Crippen molar-refractivity contribution in [1.29, 1.82) is 0 Å². The lowest BCUT2D eigenvalue weighted by Crippen LogP contribution is -2.52. The number of hydrogen-bond acceptors (Lipinski definition) is 5. The topological polar surface area (TPSA) is 105 Å². The highest BCUT2D eigenvalue weighted by atomic mass is 32.1. The third-order valence-electron chi connectivity index (χ3n) is 5.46. The van der Waals surface area contributed by atoms with Gasteiger partial charge in [-0.25, -0.2) is 9.59 Å². The zero-order chi connectivity index (χ0) is 23.3. The van der Waals surface area contributed by atoms with Crippen LogP contribution < -0.4 is 10.6 Å². The first-order valence-corrected chi connectivity index (χ1v) is 11.2. The monoisotopic (exact) mass is 456 g/mol. The van der Waals surface area contributed by atoms with E-state index in [2.05, 4.69) is 35.4 Å². The van der Waals surface area contributed by atoms with Crippen molar-refractivity contribution in [2.24, 2.45) is 5.92 Å². The van der Waals surface area contributed by atoms with Crippen LogP contribution in [0.2, 0.25) is 0 Å². The molecule has 1 aliphatic carbocycles. The molecule has 0 spiro atoms. The van der Waals surface area contributed by atoms with Crippen LogP contribution >= 0.6 is 12.6 Å². The predicted molar refractivity (Wildman–Crippen MR) is 125 cm³/mol. The van der Waals surface area contributed by atoms with Crippen molar-refractivity contribution in [3.8, 4) is 11.1 Å². The Hall–Kier alpha value is -3.00. The van der Waals surface area contributed by atoms with E-state index in [0.29, 0.717) is 6.42 Å². The molecule has 3 rings (SSSR count). The van der Waals surface area contributed by atoms with Crippen molar-refractivity contribution in [3.05, 3.63) is 59.7 Å². The van der Waals surface area contributed by atoms with Crippen molar-refractivity contribution in [3.63, 3.8) is 0 Å². The number of hydrogen-bond donors (Lipinski definition) is 4. The van der Waals surface area contributed by atoms with Gasteiger partial charge in [0.15, 0.2) is 0 Å². The summed E-state index contributed by atoms with van der Waals surface area (Å²) in [6, 6.07) is 14.0. The van der Waals surface area contributed by atoms with Crippen LogP contribution in [0.4, 0.5) is 4.79 Å². The number of rotatable bonds is 9. The number of aliphatic carboxylic acids is 1. The maximum atomic E-state index is 12.6. The van der Waals surface area contributed by atoms with Crippen LogP contribution in [0, 0.1) is 5.92 Å². The fourth-order valence-electron chi connectivity index (χ4n) is 3.94. The van der Waals surface area contributed by atoms with Gasteiger partial charge in [-0.1, -0.05) is 62.4 Å². The summed E-state index contributed by atoms with van der Waals surface area (Å²) in [5.41, 5.74) is 4.44. The molecule has 2 aromatic carbocycles. The lowest BCUT2D eigenvalue weighted by molar-refractivity contribution is -0.141. The standard InChI is InChI=1S/C24H28N2O5S/c1-14(2)11-20(22(27)25-21(13-32)23(28)29)26-24(30)31-12-19-17-9-5-3-7-15(17)16-8-4-6-10-18(16)19/h3-10,14,19-21,32H,11-13H2,1-2H3,(H,25,27)(H,26,30)(H,28,29)/t20-,21-/m0/s1. The SMILES string of the molecule is CC(C)C[C@H](NC(=O)OCC1c2ccccc2-c2ccccc21)C(=O)N[C@@H](CS)C(=O)O. The quantitative estimate of drug-likeness (QED) is 0.433. The number of carbonyl (C=O) groups excluding carboxylic acids is 2. The van der Waals surface area contributed by atoms with E-state index in [0.717, 1.165) is 22.3 Å². The Morgan fingerprint density at radius 1 is 0.969 bits per heavy atom. The number of thiol groups is 1. The van der Waals surface area contributed by atoms with Gasteiger partial charge in [-0.15, -0.1) is 0 Å². The summed E-state index contributed by atoms with van der Waals surface area (Å²) in [7, 11) is 0. The van der Waals surface area contributed by atoms with Crippen LogP contribution in [0.3, 0.4) is 0 Å². The van der Waals surface area contributed by atoms with Gasteiger partial charge in [0.05, 0.1) is 0 Å². The molecule has 0 aromatic heterocycles. The Kier molecular flexibility index (Phi) is 7.80.